The Balaban J connectivity index is 1.93. The summed E-state index contributed by atoms with van der Waals surface area (Å²) in [4.78, 5) is 12.0. The van der Waals surface area contributed by atoms with Crippen LogP contribution in [0.1, 0.15) is 21.5 Å². The van der Waals surface area contributed by atoms with Gasteiger partial charge in [-0.2, -0.15) is 0 Å². The molecule has 114 valence electrons. The molecule has 0 unspecified atom stereocenters. The number of hydrogen-bond acceptors (Lipinski definition) is 2. The third kappa shape index (κ3) is 4.44. The van der Waals surface area contributed by atoms with E-state index in [1.807, 2.05) is 26.0 Å². The van der Waals surface area contributed by atoms with E-state index in [2.05, 4.69) is 22.2 Å². The molecule has 1 amide bonds. The van der Waals surface area contributed by atoms with Crippen molar-refractivity contribution in [3.63, 3.8) is 0 Å². The number of hydrogen-bond donors (Lipinski definition) is 3. The van der Waals surface area contributed by atoms with Crippen LogP contribution in [0.5, 0.6) is 0 Å². The highest BCUT2D eigenvalue weighted by Gasteiger charge is 2.09. The van der Waals surface area contributed by atoms with Crippen molar-refractivity contribution in [3.8, 4) is 0 Å². The molecule has 0 atom stereocenters. The zero-order valence-electron chi connectivity index (χ0n) is 12.2. The Labute approximate surface area is 139 Å². The highest BCUT2D eigenvalue weighted by Crippen LogP contribution is 2.15. The number of anilines is 1. The van der Waals surface area contributed by atoms with Gasteiger partial charge in [0.25, 0.3) is 5.91 Å². The van der Waals surface area contributed by atoms with Gasteiger partial charge in [0, 0.05) is 5.69 Å². The first-order valence-corrected chi connectivity index (χ1v) is 7.44. The Bertz CT molecular complexity index is 698. The maximum Gasteiger partial charge on any atom is 0.271 e. The average molecular weight is 334 g/mol. The summed E-state index contributed by atoms with van der Waals surface area (Å²) in [6.07, 6.45) is 0. The molecule has 0 bridgehead atoms. The molecule has 6 heteroatoms. The van der Waals surface area contributed by atoms with Gasteiger partial charge in [-0.25, -0.2) is 0 Å². The molecular weight excluding hydrogens is 318 g/mol. The summed E-state index contributed by atoms with van der Waals surface area (Å²) in [6.45, 7) is 4.02. The van der Waals surface area contributed by atoms with Gasteiger partial charge in [0.1, 0.15) is 0 Å². The van der Waals surface area contributed by atoms with Gasteiger partial charge in [0.15, 0.2) is 5.11 Å². The summed E-state index contributed by atoms with van der Waals surface area (Å²) in [5.74, 6) is -0.352. The van der Waals surface area contributed by atoms with Crippen LogP contribution in [0.25, 0.3) is 0 Å². The van der Waals surface area contributed by atoms with Gasteiger partial charge in [-0.15, -0.1) is 0 Å². The van der Waals surface area contributed by atoms with Gasteiger partial charge >= 0.3 is 0 Å². The molecule has 0 fully saturated rings. The molecule has 4 nitrogen and oxygen atoms in total. The van der Waals surface area contributed by atoms with Crippen LogP contribution in [-0.2, 0) is 0 Å². The summed E-state index contributed by atoms with van der Waals surface area (Å²) in [5, 5.41) is 3.70. The number of hydrazine groups is 1. The summed E-state index contributed by atoms with van der Waals surface area (Å²) in [6, 6.07) is 12.8. The molecule has 2 rings (SSSR count). The number of rotatable bonds is 2. The molecule has 0 aliphatic rings. The Morgan fingerprint density at radius 1 is 1.05 bits per heavy atom. The molecule has 0 heterocycles. The van der Waals surface area contributed by atoms with Crippen LogP contribution in [0.3, 0.4) is 0 Å². The van der Waals surface area contributed by atoms with Crippen molar-refractivity contribution in [2.75, 3.05) is 5.32 Å². The van der Waals surface area contributed by atoms with Crippen molar-refractivity contribution >= 4 is 40.5 Å². The Kier molecular flexibility index (Phi) is 5.35. The summed E-state index contributed by atoms with van der Waals surface area (Å²) in [7, 11) is 0. The molecule has 2 aromatic rings. The van der Waals surface area contributed by atoms with Crippen molar-refractivity contribution in [1.29, 1.82) is 0 Å². The van der Waals surface area contributed by atoms with E-state index >= 15 is 0 Å². The van der Waals surface area contributed by atoms with E-state index in [1.165, 1.54) is 0 Å². The topological polar surface area (TPSA) is 53.2 Å². The second-order valence-corrected chi connectivity index (χ2v) is 5.70. The van der Waals surface area contributed by atoms with Crippen molar-refractivity contribution < 1.29 is 4.79 Å². The lowest BCUT2D eigenvalue weighted by Gasteiger charge is -2.13. The molecule has 0 spiro atoms. The minimum absolute atomic E-state index is 0.297. The first-order valence-electron chi connectivity index (χ1n) is 6.66. The Morgan fingerprint density at radius 3 is 2.32 bits per heavy atom. The lowest BCUT2D eigenvalue weighted by molar-refractivity contribution is 0.0944. The van der Waals surface area contributed by atoms with Crippen molar-refractivity contribution in [3.05, 3.63) is 64.2 Å². The van der Waals surface area contributed by atoms with Gasteiger partial charge < -0.3 is 5.32 Å². The maximum atomic E-state index is 12.0. The number of amides is 1. The van der Waals surface area contributed by atoms with Crippen molar-refractivity contribution in [2.45, 2.75) is 13.8 Å². The van der Waals surface area contributed by atoms with Gasteiger partial charge in [0.05, 0.1) is 10.6 Å². The van der Waals surface area contributed by atoms with Crippen LogP contribution in [0.2, 0.25) is 5.02 Å². The lowest BCUT2D eigenvalue weighted by Crippen LogP contribution is -2.43. The monoisotopic (exact) mass is 333 g/mol. The third-order valence-electron chi connectivity index (χ3n) is 2.89. The lowest BCUT2D eigenvalue weighted by atomic mass is 10.1. The number of carbonyl (C=O) groups is 1. The minimum Gasteiger partial charge on any atom is -0.331 e. The smallest absolute Gasteiger partial charge is 0.271 e. The van der Waals surface area contributed by atoms with Crippen LogP contribution < -0.4 is 16.2 Å². The van der Waals surface area contributed by atoms with Crippen LogP contribution >= 0.6 is 23.8 Å². The second-order valence-electron chi connectivity index (χ2n) is 4.89. The molecule has 0 saturated carbocycles. The largest absolute Gasteiger partial charge is 0.331 e. The maximum absolute atomic E-state index is 12.0. The van der Waals surface area contributed by atoms with Gasteiger partial charge in [-0.3, -0.25) is 15.6 Å². The predicted octanol–water partition coefficient (Wildman–Crippen LogP) is 3.59. The summed E-state index contributed by atoms with van der Waals surface area (Å²) >= 11 is 11.1. The Morgan fingerprint density at radius 2 is 1.68 bits per heavy atom. The standard InChI is InChI=1S/C16H16ClN3OS/c1-10-7-11(2)9-12(8-10)18-16(22)20-19-15(21)13-5-3-4-6-14(13)17/h3-9H,1-2H3,(H,19,21)(H2,18,20,22). The molecule has 0 aliphatic heterocycles. The summed E-state index contributed by atoms with van der Waals surface area (Å²) < 4.78 is 0. The van der Waals surface area contributed by atoms with Crippen LogP contribution in [0.4, 0.5) is 5.69 Å². The number of halogens is 1. The number of aryl methyl sites for hydroxylation is 2. The van der Waals surface area contributed by atoms with E-state index < -0.39 is 0 Å². The Hall–Kier alpha value is -2.11. The van der Waals surface area contributed by atoms with Crippen LogP contribution in [0.15, 0.2) is 42.5 Å². The van der Waals surface area contributed by atoms with Crippen LogP contribution in [0, 0.1) is 13.8 Å². The quantitative estimate of drug-likeness (QED) is 0.580. The van der Waals surface area contributed by atoms with Crippen molar-refractivity contribution in [2.24, 2.45) is 0 Å². The molecule has 0 radical (unpaired) electrons. The zero-order valence-corrected chi connectivity index (χ0v) is 13.8. The molecule has 0 aromatic heterocycles. The normalized spacial score (nSPS) is 9.95. The molecule has 22 heavy (non-hydrogen) atoms. The number of benzene rings is 2. The van der Waals surface area contributed by atoms with Gasteiger partial charge in [0.2, 0.25) is 0 Å². The van der Waals surface area contributed by atoms with Crippen molar-refractivity contribution in [1.82, 2.24) is 10.9 Å². The van der Waals surface area contributed by atoms with E-state index in [0.717, 1.165) is 16.8 Å². The van der Waals surface area contributed by atoms with Gasteiger partial charge in [-0.05, 0) is 61.5 Å². The molecule has 0 aliphatic carbocycles. The molecule has 2 aromatic carbocycles. The minimum atomic E-state index is -0.352. The van der Waals surface area contributed by atoms with E-state index in [9.17, 15) is 4.79 Å². The van der Waals surface area contributed by atoms with Crippen LogP contribution in [-0.4, -0.2) is 11.0 Å². The first kappa shape index (κ1) is 16.3. The number of carbonyl (C=O) groups excluding carboxylic acids is 1. The molecule has 3 N–H and O–H groups in total. The predicted molar refractivity (Wildman–Crippen MR) is 94.2 cm³/mol. The molecular formula is C16H16ClN3OS. The average Bonchev–Trinajstić information content (AvgIpc) is 2.44. The second kappa shape index (κ2) is 7.24. The third-order valence-corrected chi connectivity index (χ3v) is 3.42. The highest BCUT2D eigenvalue weighted by molar-refractivity contribution is 7.80. The van der Waals surface area contributed by atoms with E-state index in [1.54, 1.807) is 24.3 Å². The zero-order chi connectivity index (χ0) is 16.1. The number of nitrogens with one attached hydrogen (secondary N) is 3. The fraction of sp³-hybridized carbons (Fsp3) is 0.125. The number of thiocarbonyl (C=S) groups is 1. The van der Waals surface area contributed by atoms with Gasteiger partial charge in [-0.1, -0.05) is 29.8 Å². The first-order chi connectivity index (χ1) is 10.5. The highest BCUT2D eigenvalue weighted by atomic mass is 35.5. The van der Waals surface area contributed by atoms with E-state index in [4.69, 9.17) is 23.8 Å². The van der Waals surface area contributed by atoms with E-state index in [-0.39, 0.29) is 5.91 Å². The summed E-state index contributed by atoms with van der Waals surface area (Å²) in [5.41, 5.74) is 8.67. The SMILES string of the molecule is Cc1cc(C)cc(NC(=S)NNC(=O)c2ccccc2Cl)c1. The fourth-order valence-corrected chi connectivity index (χ4v) is 2.43. The van der Waals surface area contributed by atoms with E-state index in [0.29, 0.717) is 15.7 Å². The fourth-order valence-electron chi connectivity index (χ4n) is 2.04. The molecule has 0 saturated heterocycles.